The van der Waals surface area contributed by atoms with Gasteiger partial charge in [-0.25, -0.2) is 4.79 Å². The summed E-state index contributed by atoms with van der Waals surface area (Å²) >= 11 is 1.09. The van der Waals surface area contributed by atoms with Gasteiger partial charge in [0.1, 0.15) is 0 Å². The molecular weight excluding hydrogens is 410 g/mol. The number of hydrogen-bond acceptors (Lipinski definition) is 8. The van der Waals surface area contributed by atoms with Crippen LogP contribution >= 0.6 is 11.8 Å². The van der Waals surface area contributed by atoms with E-state index in [-0.39, 0.29) is 16.3 Å². The van der Waals surface area contributed by atoms with E-state index in [1.165, 1.54) is 12.1 Å². The fraction of sp³-hybridized carbons (Fsp3) is 0.0500. The molecule has 0 aromatic heterocycles. The number of para-hydroxylation sites is 1. The SMILES string of the molecule is O=C1OC(Nc2ccccc2Sc2ccc([N+](=O)[O-])cc2[N+](=O)[O-])c2ccccc21. The van der Waals surface area contributed by atoms with Gasteiger partial charge in [-0.1, -0.05) is 42.1 Å². The lowest BCUT2D eigenvalue weighted by atomic mass is 10.1. The summed E-state index contributed by atoms with van der Waals surface area (Å²) in [6, 6.07) is 17.6. The number of nitrogens with one attached hydrogen (secondary N) is 1. The van der Waals surface area contributed by atoms with E-state index in [0.717, 1.165) is 17.8 Å². The van der Waals surface area contributed by atoms with Gasteiger partial charge in [-0.15, -0.1) is 0 Å². The van der Waals surface area contributed by atoms with Crippen molar-refractivity contribution in [2.45, 2.75) is 16.0 Å². The maximum absolute atomic E-state index is 12.1. The number of nitro groups is 2. The van der Waals surface area contributed by atoms with Crippen molar-refractivity contribution in [1.29, 1.82) is 0 Å². The molecule has 0 radical (unpaired) electrons. The third-order valence-electron chi connectivity index (χ3n) is 4.43. The summed E-state index contributed by atoms with van der Waals surface area (Å²) < 4.78 is 5.40. The first-order chi connectivity index (χ1) is 14.4. The molecule has 0 saturated heterocycles. The zero-order chi connectivity index (χ0) is 21.3. The van der Waals surface area contributed by atoms with Gasteiger partial charge in [-0.05, 0) is 24.3 Å². The Labute approximate surface area is 174 Å². The number of benzene rings is 3. The maximum atomic E-state index is 12.1. The molecule has 0 aliphatic carbocycles. The molecule has 1 N–H and O–H groups in total. The van der Waals surface area contributed by atoms with Crippen LogP contribution < -0.4 is 5.32 Å². The first-order valence-corrected chi connectivity index (χ1v) is 9.52. The third kappa shape index (κ3) is 3.67. The summed E-state index contributed by atoms with van der Waals surface area (Å²) in [4.78, 5) is 34.0. The number of non-ortho nitro benzene ring substituents is 1. The molecule has 150 valence electrons. The van der Waals surface area contributed by atoms with Gasteiger partial charge in [0.15, 0.2) is 0 Å². The average molecular weight is 423 g/mol. The van der Waals surface area contributed by atoms with Crippen molar-refractivity contribution in [2.75, 3.05) is 5.32 Å². The highest BCUT2D eigenvalue weighted by Crippen LogP contribution is 2.41. The minimum atomic E-state index is -0.692. The highest BCUT2D eigenvalue weighted by Gasteiger charge is 2.31. The number of rotatable bonds is 6. The number of nitro benzene ring substituents is 2. The fourth-order valence-electron chi connectivity index (χ4n) is 3.04. The lowest BCUT2D eigenvalue weighted by Crippen LogP contribution is -2.10. The average Bonchev–Trinajstić information content (AvgIpc) is 3.05. The molecule has 0 bridgehead atoms. The first kappa shape index (κ1) is 19.4. The van der Waals surface area contributed by atoms with E-state index in [4.69, 9.17) is 4.74 Å². The Hall–Kier alpha value is -3.92. The van der Waals surface area contributed by atoms with Gasteiger partial charge in [0.05, 0.1) is 32.1 Å². The van der Waals surface area contributed by atoms with Crippen LogP contribution in [0.5, 0.6) is 0 Å². The summed E-state index contributed by atoms with van der Waals surface area (Å²) in [6.07, 6.45) is -0.692. The maximum Gasteiger partial charge on any atom is 0.340 e. The lowest BCUT2D eigenvalue weighted by Gasteiger charge is -2.17. The number of nitrogens with zero attached hydrogens (tertiary/aromatic N) is 2. The Balaban J connectivity index is 1.65. The smallest absolute Gasteiger partial charge is 0.340 e. The van der Waals surface area contributed by atoms with E-state index >= 15 is 0 Å². The molecule has 0 fully saturated rings. The van der Waals surface area contributed by atoms with Crippen molar-refractivity contribution in [2.24, 2.45) is 0 Å². The molecule has 1 heterocycles. The van der Waals surface area contributed by atoms with Gasteiger partial charge < -0.3 is 10.1 Å². The van der Waals surface area contributed by atoms with E-state index in [1.54, 1.807) is 48.5 Å². The van der Waals surface area contributed by atoms with Crippen molar-refractivity contribution in [3.05, 3.63) is 98.1 Å². The molecule has 1 unspecified atom stereocenters. The minimum absolute atomic E-state index is 0.253. The molecule has 1 atom stereocenters. The zero-order valence-electron chi connectivity index (χ0n) is 15.2. The molecule has 3 aromatic rings. The van der Waals surface area contributed by atoms with Crippen LogP contribution in [0, 0.1) is 20.2 Å². The standard InChI is InChI=1S/C20H13N3O6S/c24-20-14-6-2-1-5-13(14)19(29-20)21-15-7-3-4-8-17(15)30-18-10-9-12(22(25)26)11-16(18)23(27)28/h1-11,19,21H. The summed E-state index contributed by atoms with van der Waals surface area (Å²) in [6.45, 7) is 0. The highest BCUT2D eigenvalue weighted by atomic mass is 32.2. The normalized spacial score (nSPS) is 14.7. The molecule has 3 aromatic carbocycles. The quantitative estimate of drug-likeness (QED) is 0.336. The van der Waals surface area contributed by atoms with Crippen LogP contribution in [0.2, 0.25) is 0 Å². The van der Waals surface area contributed by atoms with Crippen LogP contribution in [0.25, 0.3) is 0 Å². The molecule has 0 amide bonds. The van der Waals surface area contributed by atoms with Gasteiger partial charge in [0.25, 0.3) is 11.4 Å². The number of ether oxygens (including phenoxy) is 1. The number of carbonyl (C=O) groups is 1. The second-order valence-electron chi connectivity index (χ2n) is 6.28. The molecule has 9 nitrogen and oxygen atoms in total. The van der Waals surface area contributed by atoms with Gasteiger partial charge in [0, 0.05) is 16.5 Å². The molecule has 0 spiro atoms. The van der Waals surface area contributed by atoms with Gasteiger partial charge in [0.2, 0.25) is 6.23 Å². The van der Waals surface area contributed by atoms with Crippen molar-refractivity contribution >= 4 is 34.8 Å². The van der Waals surface area contributed by atoms with Crippen LogP contribution in [0.15, 0.2) is 76.5 Å². The molecule has 1 aliphatic heterocycles. The summed E-state index contributed by atoms with van der Waals surface area (Å²) in [5.74, 6) is -0.431. The Bertz CT molecular complexity index is 1180. The number of hydrogen-bond donors (Lipinski definition) is 1. The number of esters is 1. The summed E-state index contributed by atoms with van der Waals surface area (Å²) in [5.41, 5.74) is 1.06. The molecular formula is C20H13N3O6S. The van der Waals surface area contributed by atoms with Crippen molar-refractivity contribution in [1.82, 2.24) is 0 Å². The van der Waals surface area contributed by atoms with Gasteiger partial charge >= 0.3 is 5.97 Å². The zero-order valence-corrected chi connectivity index (χ0v) is 16.0. The predicted molar refractivity (Wildman–Crippen MR) is 109 cm³/mol. The van der Waals surface area contributed by atoms with Crippen LogP contribution in [0.3, 0.4) is 0 Å². The predicted octanol–water partition coefficient (Wildman–Crippen LogP) is 4.94. The largest absolute Gasteiger partial charge is 0.434 e. The minimum Gasteiger partial charge on any atom is -0.434 e. The monoisotopic (exact) mass is 423 g/mol. The van der Waals surface area contributed by atoms with Crippen LogP contribution in [-0.4, -0.2) is 15.8 Å². The van der Waals surface area contributed by atoms with E-state index in [0.29, 0.717) is 21.7 Å². The Morgan fingerprint density at radius 3 is 2.40 bits per heavy atom. The van der Waals surface area contributed by atoms with Crippen LogP contribution in [0.4, 0.5) is 17.1 Å². The van der Waals surface area contributed by atoms with E-state index in [1.807, 2.05) is 0 Å². The molecule has 4 rings (SSSR count). The van der Waals surface area contributed by atoms with Crippen molar-refractivity contribution in [3.63, 3.8) is 0 Å². The first-order valence-electron chi connectivity index (χ1n) is 8.70. The van der Waals surface area contributed by atoms with Crippen molar-refractivity contribution in [3.8, 4) is 0 Å². The Morgan fingerprint density at radius 1 is 0.900 bits per heavy atom. The van der Waals surface area contributed by atoms with Gasteiger partial charge in [-0.3, -0.25) is 20.2 Å². The van der Waals surface area contributed by atoms with Gasteiger partial charge in [-0.2, -0.15) is 0 Å². The number of carbonyl (C=O) groups excluding carboxylic acids is 1. The Morgan fingerprint density at radius 2 is 1.63 bits per heavy atom. The van der Waals surface area contributed by atoms with E-state index < -0.39 is 22.0 Å². The highest BCUT2D eigenvalue weighted by molar-refractivity contribution is 7.99. The summed E-state index contributed by atoms with van der Waals surface area (Å²) in [5, 5.41) is 25.5. The Kier molecular flexibility index (Phi) is 5.07. The third-order valence-corrected chi connectivity index (χ3v) is 5.57. The van der Waals surface area contributed by atoms with Crippen LogP contribution in [-0.2, 0) is 4.74 Å². The molecule has 1 aliphatic rings. The summed E-state index contributed by atoms with van der Waals surface area (Å²) in [7, 11) is 0. The number of cyclic esters (lactones) is 1. The molecule has 0 saturated carbocycles. The van der Waals surface area contributed by atoms with Crippen LogP contribution in [0.1, 0.15) is 22.1 Å². The molecule has 30 heavy (non-hydrogen) atoms. The van der Waals surface area contributed by atoms with E-state index in [2.05, 4.69) is 5.32 Å². The second-order valence-corrected chi connectivity index (χ2v) is 7.37. The van der Waals surface area contributed by atoms with Crippen molar-refractivity contribution < 1.29 is 19.4 Å². The topological polar surface area (TPSA) is 125 Å². The number of anilines is 1. The lowest BCUT2D eigenvalue weighted by molar-refractivity contribution is -0.396. The fourth-order valence-corrected chi connectivity index (χ4v) is 4.03. The second kappa shape index (κ2) is 7.84. The number of fused-ring (bicyclic) bond motifs is 1. The van der Waals surface area contributed by atoms with E-state index in [9.17, 15) is 25.0 Å². The molecule has 10 heteroatoms.